The number of anilines is 1. The van der Waals surface area contributed by atoms with E-state index in [-0.39, 0.29) is 21.5 Å². The van der Waals surface area contributed by atoms with Gasteiger partial charge in [0.2, 0.25) is 11.8 Å². The first-order valence-corrected chi connectivity index (χ1v) is 15.8. The molecule has 0 aliphatic rings. The summed E-state index contributed by atoms with van der Waals surface area (Å²) in [4.78, 5) is 28.1. The summed E-state index contributed by atoms with van der Waals surface area (Å²) in [5, 5.41) is 2.51. The van der Waals surface area contributed by atoms with Crippen LogP contribution in [0, 0.1) is 6.92 Å². The van der Waals surface area contributed by atoms with Gasteiger partial charge in [0.15, 0.2) is 0 Å². The van der Waals surface area contributed by atoms with Crippen molar-refractivity contribution in [3.05, 3.63) is 92.4 Å². The zero-order chi connectivity index (χ0) is 33.2. The second-order valence-electron chi connectivity index (χ2n) is 11.1. The molecule has 0 fully saturated rings. The van der Waals surface area contributed by atoms with Gasteiger partial charge in [-0.2, -0.15) is 13.2 Å². The van der Waals surface area contributed by atoms with Crippen LogP contribution >= 0.6 is 34.8 Å². The van der Waals surface area contributed by atoms with Gasteiger partial charge in [-0.15, -0.1) is 0 Å². The van der Waals surface area contributed by atoms with E-state index >= 15 is 0 Å². The van der Waals surface area contributed by atoms with E-state index in [2.05, 4.69) is 5.32 Å². The summed E-state index contributed by atoms with van der Waals surface area (Å²) in [6, 6.07) is 11.6. The van der Waals surface area contributed by atoms with E-state index in [9.17, 15) is 31.2 Å². The number of aryl methyl sites for hydroxylation is 1. The average molecular weight is 693 g/mol. The molecule has 2 amide bonds. The molecule has 14 heteroatoms. The molecule has 0 radical (unpaired) electrons. The molecule has 7 nitrogen and oxygen atoms in total. The zero-order valence-corrected chi connectivity index (χ0v) is 27.6. The smallest absolute Gasteiger partial charge is 0.350 e. The van der Waals surface area contributed by atoms with Gasteiger partial charge in [-0.3, -0.25) is 13.9 Å². The van der Waals surface area contributed by atoms with Crippen LogP contribution in [-0.2, 0) is 32.3 Å². The molecule has 0 bridgehead atoms. The Morgan fingerprint density at radius 3 is 2.00 bits per heavy atom. The number of nitrogens with zero attached hydrogens (tertiary/aromatic N) is 2. The monoisotopic (exact) mass is 691 g/mol. The lowest BCUT2D eigenvalue weighted by molar-refractivity contribution is -0.140. The molecule has 0 aliphatic heterocycles. The van der Waals surface area contributed by atoms with Crippen molar-refractivity contribution in [1.29, 1.82) is 0 Å². The van der Waals surface area contributed by atoms with Gasteiger partial charge in [-0.1, -0.05) is 58.6 Å². The Bertz CT molecular complexity index is 1620. The number of alkyl halides is 3. The van der Waals surface area contributed by atoms with Crippen molar-refractivity contribution in [2.75, 3.05) is 10.8 Å². The highest BCUT2D eigenvalue weighted by molar-refractivity contribution is 7.92. The van der Waals surface area contributed by atoms with Crippen LogP contribution in [0.25, 0.3) is 0 Å². The predicted molar refractivity (Wildman–Crippen MR) is 167 cm³/mol. The fourth-order valence-electron chi connectivity index (χ4n) is 4.16. The predicted octanol–water partition coefficient (Wildman–Crippen LogP) is 7.50. The maximum atomic E-state index is 14.1. The van der Waals surface area contributed by atoms with E-state index in [1.54, 1.807) is 33.8 Å². The third kappa shape index (κ3) is 8.59. The van der Waals surface area contributed by atoms with Crippen LogP contribution in [-0.4, -0.2) is 43.3 Å². The first-order valence-electron chi connectivity index (χ1n) is 13.2. The average Bonchev–Trinajstić information content (AvgIpc) is 2.90. The van der Waals surface area contributed by atoms with E-state index in [0.29, 0.717) is 15.9 Å². The second kappa shape index (κ2) is 13.6. The van der Waals surface area contributed by atoms with Gasteiger partial charge in [0.05, 0.1) is 21.2 Å². The molecular formula is C30H31Cl3F3N3O4S. The minimum Gasteiger partial charge on any atom is -0.350 e. The molecule has 0 heterocycles. The van der Waals surface area contributed by atoms with Gasteiger partial charge in [-0.05, 0) is 77.1 Å². The Morgan fingerprint density at radius 1 is 0.909 bits per heavy atom. The molecule has 0 saturated heterocycles. The van der Waals surface area contributed by atoms with Gasteiger partial charge in [0, 0.05) is 27.7 Å². The van der Waals surface area contributed by atoms with Crippen molar-refractivity contribution in [3.8, 4) is 0 Å². The molecule has 3 aromatic rings. The standard InChI is InChI=1S/C30H31Cl3F3N3O4S/c1-18-9-12-21(13-10-18)44(42,43)39(20-11-14-26(33)23(15-20)30(34,35)36)17-27(40)38(19(2)28(41)37-29(3,4)5)16-22-24(31)7-6-8-25(22)32/h6-15,19H,16-17H2,1-5H3,(H,37,41). The van der Waals surface area contributed by atoms with Crippen LogP contribution in [0.1, 0.15) is 44.4 Å². The fraction of sp³-hybridized carbons (Fsp3) is 0.333. The van der Waals surface area contributed by atoms with Crippen LogP contribution in [0.5, 0.6) is 0 Å². The maximum absolute atomic E-state index is 14.1. The number of carbonyl (C=O) groups is 2. The van der Waals surface area contributed by atoms with Crippen molar-refractivity contribution < 1.29 is 31.2 Å². The lowest BCUT2D eigenvalue weighted by Crippen LogP contribution is -2.54. The Balaban J connectivity index is 2.17. The molecule has 1 N–H and O–H groups in total. The van der Waals surface area contributed by atoms with Crippen LogP contribution in [0.4, 0.5) is 18.9 Å². The van der Waals surface area contributed by atoms with Crippen molar-refractivity contribution >= 4 is 62.3 Å². The number of halogens is 6. The highest BCUT2D eigenvalue weighted by atomic mass is 35.5. The lowest BCUT2D eigenvalue weighted by atomic mass is 10.1. The zero-order valence-electron chi connectivity index (χ0n) is 24.5. The normalized spacial score (nSPS) is 12.9. The van der Waals surface area contributed by atoms with Crippen molar-refractivity contribution in [2.24, 2.45) is 0 Å². The summed E-state index contributed by atoms with van der Waals surface area (Å²) < 4.78 is 69.8. The van der Waals surface area contributed by atoms with Gasteiger partial charge < -0.3 is 10.2 Å². The number of rotatable bonds is 9. The molecule has 238 valence electrons. The largest absolute Gasteiger partial charge is 0.417 e. The van der Waals surface area contributed by atoms with E-state index in [0.717, 1.165) is 22.6 Å². The highest BCUT2D eigenvalue weighted by Crippen LogP contribution is 2.38. The Kier molecular flexibility index (Phi) is 10.9. The second-order valence-corrected chi connectivity index (χ2v) is 14.2. The van der Waals surface area contributed by atoms with Crippen LogP contribution in [0.3, 0.4) is 0 Å². The minimum absolute atomic E-state index is 0.190. The summed E-state index contributed by atoms with van der Waals surface area (Å²) in [5.41, 5.74) is -1.40. The van der Waals surface area contributed by atoms with E-state index < -0.39 is 62.4 Å². The molecule has 0 spiro atoms. The summed E-state index contributed by atoms with van der Waals surface area (Å²) in [6.07, 6.45) is -4.91. The summed E-state index contributed by atoms with van der Waals surface area (Å²) in [7, 11) is -4.62. The first kappa shape index (κ1) is 35.5. The number of hydrogen-bond acceptors (Lipinski definition) is 4. The third-order valence-electron chi connectivity index (χ3n) is 6.49. The molecular weight excluding hydrogens is 662 g/mol. The third-order valence-corrected chi connectivity index (χ3v) is 9.31. The summed E-state index contributed by atoms with van der Waals surface area (Å²) >= 11 is 18.5. The molecule has 0 aromatic heterocycles. The van der Waals surface area contributed by atoms with Gasteiger partial charge >= 0.3 is 6.18 Å². The topological polar surface area (TPSA) is 86.8 Å². The summed E-state index contributed by atoms with van der Waals surface area (Å²) in [5.74, 6) is -1.47. The Labute approximate surface area is 269 Å². The Hall–Kier alpha value is -2.99. The van der Waals surface area contributed by atoms with E-state index in [1.807, 2.05) is 0 Å². The first-order chi connectivity index (χ1) is 20.2. The molecule has 1 unspecified atom stereocenters. The molecule has 3 aromatic carbocycles. The number of amides is 2. The van der Waals surface area contributed by atoms with Crippen LogP contribution in [0.15, 0.2) is 65.6 Å². The SMILES string of the molecule is Cc1ccc(S(=O)(=O)N(CC(=O)N(Cc2c(Cl)cccc2Cl)C(C)C(=O)NC(C)(C)C)c2ccc(Cl)c(C(F)(F)F)c2)cc1. The van der Waals surface area contributed by atoms with Gasteiger partial charge in [0.25, 0.3) is 10.0 Å². The lowest BCUT2D eigenvalue weighted by Gasteiger charge is -2.34. The van der Waals surface area contributed by atoms with Crippen molar-refractivity contribution in [3.63, 3.8) is 0 Å². The molecule has 0 aliphatic carbocycles. The van der Waals surface area contributed by atoms with Crippen LogP contribution < -0.4 is 9.62 Å². The van der Waals surface area contributed by atoms with E-state index in [1.165, 1.54) is 43.3 Å². The quantitative estimate of drug-likeness (QED) is 0.252. The maximum Gasteiger partial charge on any atom is 0.417 e. The molecule has 44 heavy (non-hydrogen) atoms. The van der Waals surface area contributed by atoms with Crippen molar-refractivity contribution in [1.82, 2.24) is 10.2 Å². The molecule has 0 saturated carbocycles. The van der Waals surface area contributed by atoms with Gasteiger partial charge in [-0.25, -0.2) is 8.42 Å². The van der Waals surface area contributed by atoms with Crippen molar-refractivity contribution in [2.45, 2.75) is 63.8 Å². The molecule has 3 rings (SSSR count). The Morgan fingerprint density at radius 2 is 1.48 bits per heavy atom. The number of sulfonamides is 1. The number of carbonyl (C=O) groups excluding carboxylic acids is 2. The minimum atomic E-state index is -4.91. The summed E-state index contributed by atoms with van der Waals surface area (Å²) in [6.45, 7) is 7.12. The number of benzene rings is 3. The highest BCUT2D eigenvalue weighted by Gasteiger charge is 2.37. The van der Waals surface area contributed by atoms with Gasteiger partial charge in [0.1, 0.15) is 12.6 Å². The number of hydrogen-bond donors (Lipinski definition) is 1. The molecule has 1 atom stereocenters. The van der Waals surface area contributed by atoms with Crippen LogP contribution in [0.2, 0.25) is 15.1 Å². The number of nitrogens with one attached hydrogen (secondary N) is 1. The fourth-order valence-corrected chi connectivity index (χ4v) is 6.31. The van der Waals surface area contributed by atoms with E-state index in [4.69, 9.17) is 34.8 Å².